The number of rotatable bonds is 11. The summed E-state index contributed by atoms with van der Waals surface area (Å²) in [5.41, 5.74) is 0.774. The molecule has 2 rings (SSSR count). The summed E-state index contributed by atoms with van der Waals surface area (Å²) in [4.78, 5) is 26.8. The number of hydrogen-bond donors (Lipinski definition) is 1. The summed E-state index contributed by atoms with van der Waals surface area (Å²) < 4.78 is 18.8. The fourth-order valence-electron chi connectivity index (χ4n) is 2.84. The minimum absolute atomic E-state index is 0.134. The standard InChI is InChI=1S/C23H29FN2O3/c1-3-15-25-23(28)18(2)26(17-19-11-13-20(24)14-12-19)22(27)10-7-16-29-21-8-5-4-6-9-21/h4-6,8-9,11-14,18H,3,7,10,15-17H2,1-2H3,(H,25,28)/t18-/m1/s1. The summed E-state index contributed by atoms with van der Waals surface area (Å²) in [6.07, 6.45) is 1.62. The van der Waals surface area contributed by atoms with Gasteiger partial charge in [0.2, 0.25) is 11.8 Å². The van der Waals surface area contributed by atoms with Crippen molar-refractivity contribution in [1.82, 2.24) is 10.2 Å². The normalized spacial score (nSPS) is 11.6. The summed E-state index contributed by atoms with van der Waals surface area (Å²) in [6.45, 7) is 4.91. The molecule has 0 bridgehead atoms. The van der Waals surface area contributed by atoms with Crippen molar-refractivity contribution in [2.24, 2.45) is 0 Å². The van der Waals surface area contributed by atoms with E-state index in [1.165, 1.54) is 12.1 Å². The minimum Gasteiger partial charge on any atom is -0.494 e. The van der Waals surface area contributed by atoms with Crippen LogP contribution in [-0.2, 0) is 16.1 Å². The second-order valence-electron chi connectivity index (χ2n) is 6.88. The third-order valence-electron chi connectivity index (χ3n) is 4.53. The number of benzene rings is 2. The number of ether oxygens (including phenoxy) is 1. The number of para-hydroxylation sites is 1. The Hall–Kier alpha value is -2.89. The van der Waals surface area contributed by atoms with Crippen molar-refractivity contribution in [2.45, 2.75) is 45.7 Å². The van der Waals surface area contributed by atoms with Gasteiger partial charge in [0.25, 0.3) is 0 Å². The fourth-order valence-corrected chi connectivity index (χ4v) is 2.84. The van der Waals surface area contributed by atoms with Crippen LogP contribution in [0.1, 0.15) is 38.7 Å². The molecule has 156 valence electrons. The van der Waals surface area contributed by atoms with Crippen molar-refractivity contribution in [1.29, 1.82) is 0 Å². The first-order valence-corrected chi connectivity index (χ1v) is 10.0. The highest BCUT2D eigenvalue weighted by atomic mass is 19.1. The molecule has 0 saturated carbocycles. The predicted octanol–water partition coefficient (Wildman–Crippen LogP) is 3.93. The molecule has 2 aromatic rings. The average Bonchev–Trinajstić information content (AvgIpc) is 2.74. The third-order valence-corrected chi connectivity index (χ3v) is 4.53. The number of amides is 2. The number of nitrogens with zero attached hydrogens (tertiary/aromatic N) is 1. The Balaban J connectivity index is 1.97. The van der Waals surface area contributed by atoms with Gasteiger partial charge in [0.1, 0.15) is 17.6 Å². The van der Waals surface area contributed by atoms with E-state index in [-0.39, 0.29) is 30.6 Å². The van der Waals surface area contributed by atoms with Crippen molar-refractivity contribution in [2.75, 3.05) is 13.2 Å². The Labute approximate surface area is 171 Å². The van der Waals surface area contributed by atoms with Gasteiger partial charge >= 0.3 is 0 Å². The number of hydrogen-bond acceptors (Lipinski definition) is 3. The highest BCUT2D eigenvalue weighted by Crippen LogP contribution is 2.14. The smallest absolute Gasteiger partial charge is 0.242 e. The second kappa shape index (κ2) is 11.8. The molecular weight excluding hydrogens is 371 g/mol. The average molecular weight is 400 g/mol. The Morgan fingerprint density at radius 3 is 2.45 bits per heavy atom. The number of halogens is 1. The zero-order valence-electron chi connectivity index (χ0n) is 17.1. The van der Waals surface area contributed by atoms with Crippen LogP contribution in [0.15, 0.2) is 54.6 Å². The van der Waals surface area contributed by atoms with Gasteiger partial charge in [0.15, 0.2) is 0 Å². The zero-order chi connectivity index (χ0) is 21.1. The lowest BCUT2D eigenvalue weighted by Crippen LogP contribution is -2.47. The van der Waals surface area contributed by atoms with Gasteiger partial charge in [-0.1, -0.05) is 37.3 Å². The van der Waals surface area contributed by atoms with E-state index in [1.54, 1.807) is 24.0 Å². The van der Waals surface area contributed by atoms with Crippen molar-refractivity contribution in [3.63, 3.8) is 0 Å². The van der Waals surface area contributed by atoms with E-state index >= 15 is 0 Å². The van der Waals surface area contributed by atoms with Gasteiger partial charge in [-0.25, -0.2) is 4.39 Å². The van der Waals surface area contributed by atoms with Crippen molar-refractivity contribution < 1.29 is 18.7 Å². The molecule has 0 aliphatic heterocycles. The molecular formula is C23H29FN2O3. The zero-order valence-corrected chi connectivity index (χ0v) is 17.1. The van der Waals surface area contributed by atoms with E-state index in [9.17, 15) is 14.0 Å². The molecule has 0 aromatic heterocycles. The fraction of sp³-hybridized carbons (Fsp3) is 0.391. The lowest BCUT2D eigenvalue weighted by molar-refractivity contribution is -0.140. The number of carbonyl (C=O) groups excluding carboxylic acids is 2. The van der Waals surface area contributed by atoms with Crippen molar-refractivity contribution in [3.8, 4) is 5.75 Å². The Kier molecular flexibility index (Phi) is 9.15. The molecule has 2 aromatic carbocycles. The summed E-state index contributed by atoms with van der Waals surface area (Å²) in [6, 6.07) is 14.8. The molecule has 0 unspecified atom stereocenters. The van der Waals surface area contributed by atoms with E-state index in [2.05, 4.69) is 5.32 Å². The molecule has 6 heteroatoms. The molecule has 0 heterocycles. The van der Waals surface area contributed by atoms with Gasteiger partial charge in [-0.3, -0.25) is 9.59 Å². The van der Waals surface area contributed by atoms with E-state index < -0.39 is 6.04 Å². The van der Waals surface area contributed by atoms with E-state index in [1.807, 2.05) is 37.3 Å². The maximum atomic E-state index is 13.2. The molecule has 29 heavy (non-hydrogen) atoms. The highest BCUT2D eigenvalue weighted by Gasteiger charge is 2.25. The Bertz CT molecular complexity index is 765. The molecule has 0 saturated heterocycles. The topological polar surface area (TPSA) is 58.6 Å². The SMILES string of the molecule is CCCNC(=O)[C@@H](C)N(Cc1ccc(F)cc1)C(=O)CCCOc1ccccc1. The summed E-state index contributed by atoms with van der Waals surface area (Å²) in [7, 11) is 0. The van der Waals surface area contributed by atoms with E-state index in [0.717, 1.165) is 17.7 Å². The van der Waals surface area contributed by atoms with Crippen LogP contribution >= 0.6 is 0 Å². The lowest BCUT2D eigenvalue weighted by atomic mass is 10.1. The first-order valence-electron chi connectivity index (χ1n) is 10.0. The molecule has 2 amide bonds. The van der Waals surface area contributed by atoms with Crippen LogP contribution in [0.2, 0.25) is 0 Å². The predicted molar refractivity (Wildman–Crippen MR) is 111 cm³/mol. The van der Waals surface area contributed by atoms with Gasteiger partial charge in [-0.05, 0) is 49.6 Å². The minimum atomic E-state index is -0.617. The quantitative estimate of drug-likeness (QED) is 0.582. The number of nitrogens with one attached hydrogen (secondary N) is 1. The lowest BCUT2D eigenvalue weighted by Gasteiger charge is -2.29. The van der Waals surface area contributed by atoms with Gasteiger partial charge < -0.3 is 15.0 Å². The molecule has 0 radical (unpaired) electrons. The van der Waals surface area contributed by atoms with Crippen molar-refractivity contribution in [3.05, 3.63) is 66.0 Å². The first kappa shape index (κ1) is 22.4. The van der Waals surface area contributed by atoms with Crippen LogP contribution in [0.25, 0.3) is 0 Å². The second-order valence-corrected chi connectivity index (χ2v) is 6.88. The molecule has 0 aliphatic rings. The summed E-state index contributed by atoms with van der Waals surface area (Å²) in [5.74, 6) is 0.0989. The van der Waals surface area contributed by atoms with Gasteiger partial charge in [-0.15, -0.1) is 0 Å². The third kappa shape index (κ3) is 7.56. The van der Waals surface area contributed by atoms with Gasteiger partial charge in [0, 0.05) is 19.5 Å². The summed E-state index contributed by atoms with van der Waals surface area (Å²) >= 11 is 0. The molecule has 5 nitrogen and oxygen atoms in total. The Morgan fingerprint density at radius 2 is 1.79 bits per heavy atom. The maximum Gasteiger partial charge on any atom is 0.242 e. The maximum absolute atomic E-state index is 13.2. The van der Waals surface area contributed by atoms with Crippen LogP contribution in [0, 0.1) is 5.82 Å². The molecule has 0 fully saturated rings. The van der Waals surface area contributed by atoms with E-state index in [4.69, 9.17) is 4.74 Å². The summed E-state index contributed by atoms with van der Waals surface area (Å²) in [5, 5.41) is 2.83. The van der Waals surface area contributed by atoms with Gasteiger partial charge in [0.05, 0.1) is 6.61 Å². The van der Waals surface area contributed by atoms with Crippen LogP contribution in [0.3, 0.4) is 0 Å². The van der Waals surface area contributed by atoms with Crippen LogP contribution in [0.4, 0.5) is 4.39 Å². The van der Waals surface area contributed by atoms with Crippen LogP contribution in [0.5, 0.6) is 5.75 Å². The molecule has 1 atom stereocenters. The highest BCUT2D eigenvalue weighted by molar-refractivity contribution is 5.87. The Morgan fingerprint density at radius 1 is 1.10 bits per heavy atom. The van der Waals surface area contributed by atoms with Crippen molar-refractivity contribution >= 4 is 11.8 Å². The monoisotopic (exact) mass is 400 g/mol. The van der Waals surface area contributed by atoms with Gasteiger partial charge in [-0.2, -0.15) is 0 Å². The first-order chi connectivity index (χ1) is 14.0. The largest absolute Gasteiger partial charge is 0.494 e. The van der Waals surface area contributed by atoms with Crippen LogP contribution < -0.4 is 10.1 Å². The van der Waals surface area contributed by atoms with Crippen LogP contribution in [-0.4, -0.2) is 35.9 Å². The molecule has 1 N–H and O–H groups in total. The number of carbonyl (C=O) groups is 2. The molecule has 0 aliphatic carbocycles. The van der Waals surface area contributed by atoms with E-state index in [0.29, 0.717) is 19.6 Å². The molecule has 0 spiro atoms.